The minimum atomic E-state index is -1.02. The molecule has 0 unspecified atom stereocenters. The Morgan fingerprint density at radius 1 is 0.553 bits per heavy atom. The molecule has 0 bridgehead atoms. The van der Waals surface area contributed by atoms with E-state index in [9.17, 15) is 19.5 Å². The number of allylic oxidation sites excluding steroid dienone is 2. The largest absolute Gasteiger partial charge is 0.550 e. The number of hydrogen-bond acceptors (Lipinski definition) is 4. The van der Waals surface area contributed by atoms with Gasteiger partial charge >= 0.3 is 11.9 Å². The summed E-state index contributed by atoms with van der Waals surface area (Å²) in [6.45, 7) is 5.82. The molecule has 0 saturated carbocycles. The van der Waals surface area contributed by atoms with Crippen molar-refractivity contribution in [1.82, 2.24) is 0 Å². The van der Waals surface area contributed by atoms with E-state index in [-0.39, 0.29) is 19.3 Å². The van der Waals surface area contributed by atoms with Crippen molar-refractivity contribution >= 4 is 17.9 Å². The lowest BCUT2D eigenvalue weighted by Gasteiger charge is -2.39. The van der Waals surface area contributed by atoms with E-state index in [1.54, 1.807) is 0 Å². The van der Waals surface area contributed by atoms with Crippen molar-refractivity contribution in [2.45, 2.75) is 142 Å². The summed E-state index contributed by atoms with van der Waals surface area (Å²) >= 11 is 0. The number of carbonyl (C=O) groups is 3. The quantitative estimate of drug-likeness (QED) is 0.0638. The number of unbranched alkanes of at least 4 members (excludes halogenated alkanes) is 13. The van der Waals surface area contributed by atoms with E-state index in [2.05, 4.69) is 19.1 Å². The van der Waals surface area contributed by atoms with Gasteiger partial charge in [-0.2, -0.15) is 0 Å². The smallest absolute Gasteiger partial charge is 0.303 e. The predicted octanol–water partition coefficient (Wildman–Crippen LogP) is 6.49. The minimum absolute atomic E-state index is 0.0631. The highest BCUT2D eigenvalue weighted by molar-refractivity contribution is 5.66. The fourth-order valence-electron chi connectivity index (χ4n) is 5.18. The summed E-state index contributed by atoms with van der Waals surface area (Å²) in [5, 5.41) is 28.9. The van der Waals surface area contributed by atoms with Crippen LogP contribution in [0.2, 0.25) is 0 Å². The lowest BCUT2D eigenvalue weighted by Crippen LogP contribution is -2.51. The Balaban J connectivity index is 4.54. The Hall–Kier alpha value is -1.89. The van der Waals surface area contributed by atoms with Gasteiger partial charge in [-0.1, -0.05) is 64.0 Å². The van der Waals surface area contributed by atoms with Gasteiger partial charge in [0.05, 0.1) is 26.2 Å². The van der Waals surface area contributed by atoms with Gasteiger partial charge in [0.1, 0.15) is 0 Å². The molecule has 0 saturated heterocycles. The average molecular weight is 540 g/mol. The van der Waals surface area contributed by atoms with E-state index in [1.165, 1.54) is 70.6 Å². The first-order valence-corrected chi connectivity index (χ1v) is 15.4. The van der Waals surface area contributed by atoms with E-state index < -0.39 is 17.9 Å². The maximum absolute atomic E-state index is 11.0. The molecule has 0 radical (unpaired) electrons. The monoisotopic (exact) mass is 539 g/mol. The number of hydrogen-bond donors (Lipinski definition) is 2. The summed E-state index contributed by atoms with van der Waals surface area (Å²) in [4.78, 5) is 32.8. The summed E-state index contributed by atoms with van der Waals surface area (Å²) < 4.78 is 0.846. The van der Waals surface area contributed by atoms with Gasteiger partial charge in [0.2, 0.25) is 0 Å². The molecule has 0 aliphatic heterocycles. The molecule has 7 heteroatoms. The lowest BCUT2D eigenvalue weighted by atomic mass is 10.0. The van der Waals surface area contributed by atoms with Crippen LogP contribution in [0.15, 0.2) is 12.2 Å². The van der Waals surface area contributed by atoms with Gasteiger partial charge in [0.25, 0.3) is 0 Å². The standard InChI is InChI=1S/C31H57NO6/c1-2-3-4-5-6-7-8-9-10-11-12-13-14-18-25-32(26-19-15-22-29(33)34,27-20-16-23-30(35)36)28-21-17-24-31(37)38/h4-5H,2-3,6-28H2,1H3,(H2-,33,34,35,36,37,38)/b5-4+. The van der Waals surface area contributed by atoms with Crippen molar-refractivity contribution in [1.29, 1.82) is 0 Å². The molecule has 0 aromatic carbocycles. The first kappa shape index (κ1) is 36.1. The first-order valence-electron chi connectivity index (χ1n) is 15.4. The van der Waals surface area contributed by atoms with Crippen molar-refractivity contribution in [2.75, 3.05) is 26.2 Å². The number of carboxylic acids is 3. The maximum atomic E-state index is 11.0. The fraction of sp³-hybridized carbons (Fsp3) is 0.839. The third kappa shape index (κ3) is 24.4. The molecular weight excluding hydrogens is 482 g/mol. The van der Waals surface area contributed by atoms with Crippen molar-refractivity contribution in [2.24, 2.45) is 0 Å². The molecule has 222 valence electrons. The minimum Gasteiger partial charge on any atom is -0.550 e. The normalized spacial score (nSPS) is 11.8. The molecule has 0 rings (SSSR count). The number of aliphatic carboxylic acids is 3. The highest BCUT2D eigenvalue weighted by Crippen LogP contribution is 2.19. The van der Waals surface area contributed by atoms with E-state index in [1.807, 2.05) is 0 Å². The Bertz CT molecular complexity index is 579. The lowest BCUT2D eigenvalue weighted by molar-refractivity contribution is -0.929. The van der Waals surface area contributed by atoms with Gasteiger partial charge in [0, 0.05) is 18.8 Å². The summed E-state index contributed by atoms with van der Waals surface area (Å²) in [5.41, 5.74) is 0. The van der Waals surface area contributed by atoms with Gasteiger partial charge in [-0.25, -0.2) is 0 Å². The first-order chi connectivity index (χ1) is 18.3. The molecule has 2 N–H and O–H groups in total. The van der Waals surface area contributed by atoms with Gasteiger partial charge in [-0.15, -0.1) is 0 Å². The summed E-state index contributed by atoms with van der Waals surface area (Å²) in [5.74, 6) is -2.57. The van der Waals surface area contributed by atoms with Crippen molar-refractivity contribution < 1.29 is 34.2 Å². The van der Waals surface area contributed by atoms with Crippen LogP contribution in [0.1, 0.15) is 142 Å². The number of rotatable bonds is 29. The zero-order valence-electron chi connectivity index (χ0n) is 24.3. The summed E-state index contributed by atoms with van der Waals surface area (Å²) in [6.07, 6.45) is 24.2. The second-order valence-electron chi connectivity index (χ2n) is 11.0. The van der Waals surface area contributed by atoms with Crippen molar-refractivity contribution in [3.63, 3.8) is 0 Å². The average Bonchev–Trinajstić information content (AvgIpc) is 2.87. The van der Waals surface area contributed by atoms with Crippen LogP contribution in [0.25, 0.3) is 0 Å². The fourth-order valence-corrected chi connectivity index (χ4v) is 5.18. The van der Waals surface area contributed by atoms with Crippen LogP contribution in [0.4, 0.5) is 0 Å². The van der Waals surface area contributed by atoms with Crippen LogP contribution in [0.3, 0.4) is 0 Å². The van der Waals surface area contributed by atoms with E-state index in [4.69, 9.17) is 10.2 Å². The Morgan fingerprint density at radius 3 is 1.34 bits per heavy atom. The zero-order valence-corrected chi connectivity index (χ0v) is 24.3. The molecule has 0 heterocycles. The summed E-state index contributed by atoms with van der Waals surface area (Å²) in [6, 6.07) is 0. The van der Waals surface area contributed by atoms with Gasteiger partial charge in [0.15, 0.2) is 0 Å². The molecule has 0 spiro atoms. The predicted molar refractivity (Wildman–Crippen MR) is 152 cm³/mol. The number of nitrogens with zero attached hydrogens (tertiary/aromatic N) is 1. The Labute approximate surface area is 232 Å². The molecule has 0 atom stereocenters. The zero-order chi connectivity index (χ0) is 28.3. The Morgan fingerprint density at radius 2 is 0.921 bits per heavy atom. The highest BCUT2D eigenvalue weighted by Gasteiger charge is 2.26. The Kier molecular flexibility index (Phi) is 24.1. The van der Waals surface area contributed by atoms with Crippen LogP contribution in [-0.2, 0) is 14.4 Å². The molecule has 0 aliphatic rings. The number of carbonyl (C=O) groups excluding carboxylic acids is 1. The van der Waals surface area contributed by atoms with Crippen LogP contribution >= 0.6 is 0 Å². The van der Waals surface area contributed by atoms with Crippen LogP contribution in [0, 0.1) is 0 Å². The van der Waals surface area contributed by atoms with Crippen LogP contribution < -0.4 is 5.11 Å². The SMILES string of the molecule is CCC/C=C/CCCCCCCCCCC[N+](CCCCC(=O)[O-])(CCCCC(=O)O)CCCCC(=O)O. The van der Waals surface area contributed by atoms with Crippen LogP contribution in [0.5, 0.6) is 0 Å². The van der Waals surface area contributed by atoms with Gasteiger partial charge < -0.3 is 24.6 Å². The van der Waals surface area contributed by atoms with E-state index in [0.29, 0.717) is 19.3 Å². The topological polar surface area (TPSA) is 115 Å². The van der Waals surface area contributed by atoms with Crippen molar-refractivity contribution in [3.8, 4) is 0 Å². The second-order valence-corrected chi connectivity index (χ2v) is 11.0. The maximum Gasteiger partial charge on any atom is 0.303 e. The third-order valence-corrected chi connectivity index (χ3v) is 7.43. The summed E-state index contributed by atoms with van der Waals surface area (Å²) in [7, 11) is 0. The van der Waals surface area contributed by atoms with E-state index in [0.717, 1.165) is 56.3 Å². The molecule has 7 nitrogen and oxygen atoms in total. The van der Waals surface area contributed by atoms with Crippen molar-refractivity contribution in [3.05, 3.63) is 12.2 Å². The molecule has 0 amide bonds. The molecule has 0 fully saturated rings. The number of quaternary nitrogens is 1. The second kappa shape index (κ2) is 25.4. The van der Waals surface area contributed by atoms with Gasteiger partial charge in [-0.05, 0) is 77.0 Å². The molecule has 0 aliphatic carbocycles. The van der Waals surface area contributed by atoms with Gasteiger partial charge in [-0.3, -0.25) is 9.59 Å². The highest BCUT2D eigenvalue weighted by atomic mass is 16.4. The number of carboxylic acid groups (broad SMARTS) is 3. The molecular formula is C31H57NO6. The van der Waals surface area contributed by atoms with Crippen LogP contribution in [-0.4, -0.2) is 58.8 Å². The molecule has 38 heavy (non-hydrogen) atoms. The third-order valence-electron chi connectivity index (χ3n) is 7.43. The molecule has 0 aromatic heterocycles. The molecule has 0 aromatic rings. The van der Waals surface area contributed by atoms with E-state index >= 15 is 0 Å².